The van der Waals surface area contributed by atoms with Crippen LogP contribution in [0.1, 0.15) is 85.3 Å². The molecule has 0 N–H and O–H groups in total. The molecule has 3 aromatic rings. The summed E-state index contributed by atoms with van der Waals surface area (Å²) in [7, 11) is 0. The van der Waals surface area contributed by atoms with Crippen LogP contribution in [-0.2, 0) is 6.42 Å². The van der Waals surface area contributed by atoms with Crippen molar-refractivity contribution in [2.45, 2.75) is 58.3 Å². The smallest absolute Gasteiger partial charge is 0.140 e. The van der Waals surface area contributed by atoms with Gasteiger partial charge in [-0.25, -0.2) is 4.39 Å². The second kappa shape index (κ2) is 13.7. The first-order valence-electron chi connectivity index (χ1n) is 12.1. The molecule has 0 amide bonds. The van der Waals surface area contributed by atoms with Crippen LogP contribution in [0.15, 0.2) is 66.7 Å². The highest BCUT2D eigenvalue weighted by atomic mass is 19.1. The summed E-state index contributed by atoms with van der Waals surface area (Å²) < 4.78 is 14.5. The van der Waals surface area contributed by atoms with Crippen LogP contribution < -0.4 is 0 Å². The van der Waals surface area contributed by atoms with E-state index in [-0.39, 0.29) is 5.82 Å². The van der Waals surface area contributed by atoms with Crippen molar-refractivity contribution in [3.8, 4) is 29.8 Å². The topological polar surface area (TPSA) is 23.8 Å². The number of hydrogen-bond acceptors (Lipinski definition) is 1. The molecule has 0 saturated heterocycles. The first kappa shape index (κ1) is 24.8. The number of aryl methyl sites for hydroxylation is 1. The first-order chi connectivity index (χ1) is 16.7. The molecular formula is C32H30FN. The maximum atomic E-state index is 14.5. The van der Waals surface area contributed by atoms with E-state index >= 15 is 0 Å². The van der Waals surface area contributed by atoms with E-state index in [4.69, 9.17) is 5.26 Å². The van der Waals surface area contributed by atoms with Crippen LogP contribution in [0.3, 0.4) is 0 Å². The fraction of sp³-hybridized carbons (Fsp3) is 0.281. The van der Waals surface area contributed by atoms with Crippen molar-refractivity contribution >= 4 is 0 Å². The monoisotopic (exact) mass is 447 g/mol. The summed E-state index contributed by atoms with van der Waals surface area (Å²) in [4.78, 5) is 0. The Morgan fingerprint density at radius 3 is 1.79 bits per heavy atom. The zero-order valence-electron chi connectivity index (χ0n) is 19.8. The molecule has 1 nitrogen and oxygen atoms in total. The fourth-order valence-electron chi connectivity index (χ4n) is 3.65. The van der Waals surface area contributed by atoms with E-state index in [1.54, 1.807) is 36.4 Å². The SMILES string of the molecule is CCCCCCCCCc1ccc(C#Cc2ccc(C#Cc3ccc(C#N)cc3)cc2F)cc1. The number of nitrogens with zero attached hydrogens (tertiary/aromatic N) is 1. The molecule has 0 radical (unpaired) electrons. The van der Waals surface area contributed by atoms with Crippen LogP contribution in [0.5, 0.6) is 0 Å². The van der Waals surface area contributed by atoms with Gasteiger partial charge in [-0.3, -0.25) is 0 Å². The summed E-state index contributed by atoms with van der Waals surface area (Å²) in [6.45, 7) is 2.25. The Hall–Kier alpha value is -3.80. The molecule has 0 aliphatic rings. The van der Waals surface area contributed by atoms with Gasteiger partial charge in [-0.1, -0.05) is 81.3 Å². The van der Waals surface area contributed by atoms with Crippen molar-refractivity contribution in [1.82, 2.24) is 0 Å². The number of benzene rings is 3. The summed E-state index contributed by atoms with van der Waals surface area (Å²) in [5.74, 6) is 11.6. The van der Waals surface area contributed by atoms with Crippen LogP contribution in [0.4, 0.5) is 4.39 Å². The van der Waals surface area contributed by atoms with E-state index in [0.29, 0.717) is 16.7 Å². The molecule has 0 aliphatic heterocycles. The van der Waals surface area contributed by atoms with Gasteiger partial charge in [-0.2, -0.15) is 5.26 Å². The number of halogens is 1. The molecule has 0 aromatic heterocycles. The first-order valence-corrected chi connectivity index (χ1v) is 12.1. The summed E-state index contributed by atoms with van der Waals surface area (Å²) in [5.41, 5.74) is 4.52. The molecule has 170 valence electrons. The van der Waals surface area contributed by atoms with E-state index in [0.717, 1.165) is 17.5 Å². The van der Waals surface area contributed by atoms with E-state index in [9.17, 15) is 4.39 Å². The standard InChI is InChI=1S/C32H30FN/c1-2-3-4-5-6-7-8-9-26-10-12-28(13-11-26)20-22-31-23-21-29(24-32(31)33)17-14-27-15-18-30(25-34)19-16-27/h10-13,15-16,18-19,21,23-24H,2-9H2,1H3. The summed E-state index contributed by atoms with van der Waals surface area (Å²) in [6.07, 6.45) is 10.3. The van der Waals surface area contributed by atoms with Gasteiger partial charge in [0.25, 0.3) is 0 Å². The van der Waals surface area contributed by atoms with Gasteiger partial charge < -0.3 is 0 Å². The van der Waals surface area contributed by atoms with E-state index in [2.05, 4.69) is 48.8 Å². The lowest BCUT2D eigenvalue weighted by Gasteiger charge is -2.02. The van der Waals surface area contributed by atoms with E-state index in [1.165, 1.54) is 56.6 Å². The minimum Gasteiger partial charge on any atom is -0.206 e. The van der Waals surface area contributed by atoms with Crippen molar-refractivity contribution in [3.05, 3.63) is 106 Å². The Bertz CT molecular complexity index is 1220. The predicted molar refractivity (Wildman–Crippen MR) is 138 cm³/mol. The Balaban J connectivity index is 1.53. The van der Waals surface area contributed by atoms with E-state index < -0.39 is 0 Å². The minimum atomic E-state index is -0.380. The van der Waals surface area contributed by atoms with Crippen LogP contribution in [0.25, 0.3) is 0 Å². The third-order valence-corrected chi connectivity index (χ3v) is 5.70. The fourth-order valence-corrected chi connectivity index (χ4v) is 3.65. The molecule has 2 heteroatoms. The normalized spacial score (nSPS) is 9.91. The summed E-state index contributed by atoms with van der Waals surface area (Å²) in [5, 5.41) is 8.85. The van der Waals surface area contributed by atoms with Gasteiger partial charge in [0.15, 0.2) is 0 Å². The predicted octanol–water partition coefficient (Wildman–Crippen LogP) is 7.79. The lowest BCUT2D eigenvalue weighted by molar-refractivity contribution is 0.589. The van der Waals surface area contributed by atoms with Crippen LogP contribution in [-0.4, -0.2) is 0 Å². The third kappa shape index (κ3) is 8.28. The molecular weight excluding hydrogens is 417 g/mol. The summed E-state index contributed by atoms with van der Waals surface area (Å²) >= 11 is 0. The highest BCUT2D eigenvalue weighted by Gasteiger charge is 2.00. The van der Waals surface area contributed by atoms with Gasteiger partial charge in [-0.15, -0.1) is 0 Å². The molecule has 3 rings (SSSR count). The minimum absolute atomic E-state index is 0.357. The maximum Gasteiger partial charge on any atom is 0.140 e. The van der Waals surface area contributed by atoms with Gasteiger partial charge in [0.1, 0.15) is 5.82 Å². The van der Waals surface area contributed by atoms with Crippen molar-refractivity contribution in [2.24, 2.45) is 0 Å². The second-order valence-electron chi connectivity index (χ2n) is 8.45. The molecule has 0 bridgehead atoms. The molecule has 0 saturated carbocycles. The van der Waals surface area contributed by atoms with Gasteiger partial charge in [0, 0.05) is 16.7 Å². The molecule has 0 spiro atoms. The lowest BCUT2D eigenvalue weighted by Crippen LogP contribution is -1.88. The molecule has 0 heterocycles. The van der Waals surface area contributed by atoms with Crippen molar-refractivity contribution in [2.75, 3.05) is 0 Å². The van der Waals surface area contributed by atoms with Crippen molar-refractivity contribution in [3.63, 3.8) is 0 Å². The van der Waals surface area contributed by atoms with Gasteiger partial charge in [0.05, 0.1) is 17.2 Å². The van der Waals surface area contributed by atoms with Crippen LogP contribution >= 0.6 is 0 Å². The average molecular weight is 448 g/mol. The Morgan fingerprint density at radius 1 is 0.618 bits per heavy atom. The highest BCUT2D eigenvalue weighted by molar-refractivity contribution is 5.49. The lowest BCUT2D eigenvalue weighted by atomic mass is 10.0. The molecule has 0 atom stereocenters. The average Bonchev–Trinajstić information content (AvgIpc) is 2.87. The van der Waals surface area contributed by atoms with E-state index in [1.807, 2.05) is 12.1 Å². The Kier molecular flexibility index (Phi) is 9.99. The van der Waals surface area contributed by atoms with Crippen LogP contribution in [0.2, 0.25) is 0 Å². The van der Waals surface area contributed by atoms with Crippen molar-refractivity contribution in [1.29, 1.82) is 5.26 Å². The largest absolute Gasteiger partial charge is 0.206 e. The van der Waals surface area contributed by atoms with Gasteiger partial charge >= 0.3 is 0 Å². The molecule has 0 aliphatic carbocycles. The van der Waals surface area contributed by atoms with Crippen molar-refractivity contribution < 1.29 is 4.39 Å². The highest BCUT2D eigenvalue weighted by Crippen LogP contribution is 2.13. The Labute approximate surface area is 203 Å². The number of rotatable bonds is 8. The van der Waals surface area contributed by atoms with Crippen LogP contribution in [0, 0.1) is 40.8 Å². The van der Waals surface area contributed by atoms with Gasteiger partial charge in [0.2, 0.25) is 0 Å². The number of nitriles is 1. The van der Waals surface area contributed by atoms with Gasteiger partial charge in [-0.05, 0) is 73.0 Å². The number of unbranched alkanes of at least 4 members (excludes halogenated alkanes) is 6. The Morgan fingerprint density at radius 2 is 1.15 bits per heavy atom. The maximum absolute atomic E-state index is 14.5. The molecule has 34 heavy (non-hydrogen) atoms. The number of hydrogen-bond donors (Lipinski definition) is 0. The zero-order valence-corrected chi connectivity index (χ0v) is 19.8. The second-order valence-corrected chi connectivity index (χ2v) is 8.45. The molecule has 0 unspecified atom stereocenters. The summed E-state index contributed by atoms with van der Waals surface area (Å²) in [6, 6.07) is 22.2. The molecule has 3 aromatic carbocycles. The quantitative estimate of drug-likeness (QED) is 0.255. The third-order valence-electron chi connectivity index (χ3n) is 5.70. The zero-order chi connectivity index (χ0) is 24.0. The molecule has 0 fully saturated rings.